The van der Waals surface area contributed by atoms with E-state index in [1.165, 1.54) is 44.1 Å². The van der Waals surface area contributed by atoms with Crippen molar-refractivity contribution in [2.45, 2.75) is 38.5 Å². The predicted molar refractivity (Wildman–Crippen MR) is 82.7 cm³/mol. The maximum Gasteiger partial charge on any atom is 0.348 e. The summed E-state index contributed by atoms with van der Waals surface area (Å²) < 4.78 is 8.11. The molecule has 0 N–H and O–H groups in total. The monoisotopic (exact) mass is 272 g/mol. The summed E-state index contributed by atoms with van der Waals surface area (Å²) in [5.41, 5.74) is 1.50. The summed E-state index contributed by atoms with van der Waals surface area (Å²) in [7, 11) is 4.20. The van der Waals surface area contributed by atoms with Crippen LogP contribution in [0.15, 0.2) is 36.1 Å². The van der Waals surface area contributed by atoms with Crippen molar-refractivity contribution in [2.24, 2.45) is 17.8 Å². The maximum atomic E-state index is 5.96. The van der Waals surface area contributed by atoms with Crippen LogP contribution in [0.4, 0.5) is 0 Å². The van der Waals surface area contributed by atoms with Gasteiger partial charge in [-0.15, -0.1) is 0 Å². The van der Waals surface area contributed by atoms with Gasteiger partial charge in [0.2, 0.25) is 0 Å². The smallest absolute Gasteiger partial charge is 0.348 e. The predicted octanol–water partition coefficient (Wildman–Crippen LogP) is 3.90. The van der Waals surface area contributed by atoms with Crippen molar-refractivity contribution in [3.8, 4) is 0 Å². The van der Waals surface area contributed by atoms with Gasteiger partial charge >= 0.3 is 5.90 Å². The second-order valence-corrected chi connectivity index (χ2v) is 6.43. The minimum Gasteiger partial charge on any atom is -0.416 e. The molecule has 3 atom stereocenters. The quantitative estimate of drug-likeness (QED) is 0.548. The van der Waals surface area contributed by atoms with Crippen LogP contribution >= 0.6 is 0 Å². The van der Waals surface area contributed by atoms with E-state index in [1.807, 2.05) is 6.26 Å². The third-order valence-electron chi connectivity index (χ3n) is 4.78. The SMILES string of the molecule is C[N+](C)=C1OC=C(C2C=CCCC2)C1C1C=CCCC1. The lowest BCUT2D eigenvalue weighted by Crippen LogP contribution is -2.30. The Morgan fingerprint density at radius 2 is 1.80 bits per heavy atom. The van der Waals surface area contributed by atoms with Gasteiger partial charge in [-0.2, -0.15) is 0 Å². The van der Waals surface area contributed by atoms with Crippen LogP contribution in [0.1, 0.15) is 38.5 Å². The Labute approximate surface area is 122 Å². The zero-order chi connectivity index (χ0) is 13.9. The van der Waals surface area contributed by atoms with E-state index in [-0.39, 0.29) is 0 Å². The minimum absolute atomic E-state index is 0.453. The second kappa shape index (κ2) is 5.99. The van der Waals surface area contributed by atoms with Crippen molar-refractivity contribution in [2.75, 3.05) is 14.1 Å². The molecule has 0 saturated heterocycles. The molecule has 1 aliphatic heterocycles. The van der Waals surface area contributed by atoms with E-state index in [0.717, 1.165) is 5.90 Å². The first-order valence-corrected chi connectivity index (χ1v) is 8.01. The summed E-state index contributed by atoms with van der Waals surface area (Å²) in [6, 6.07) is 0. The van der Waals surface area contributed by atoms with Crippen LogP contribution in [0.5, 0.6) is 0 Å². The zero-order valence-corrected chi connectivity index (χ0v) is 12.7. The van der Waals surface area contributed by atoms with E-state index in [4.69, 9.17) is 4.74 Å². The molecule has 108 valence electrons. The lowest BCUT2D eigenvalue weighted by molar-refractivity contribution is -0.475. The number of rotatable bonds is 2. The number of hydrogen-bond acceptors (Lipinski definition) is 1. The fraction of sp³-hybridized carbons (Fsp3) is 0.611. The average Bonchev–Trinajstić information content (AvgIpc) is 2.94. The van der Waals surface area contributed by atoms with E-state index in [9.17, 15) is 0 Å². The van der Waals surface area contributed by atoms with E-state index >= 15 is 0 Å². The van der Waals surface area contributed by atoms with Gasteiger partial charge in [-0.05, 0) is 50.0 Å². The van der Waals surface area contributed by atoms with Gasteiger partial charge < -0.3 is 4.74 Å². The molecule has 3 unspecified atom stereocenters. The van der Waals surface area contributed by atoms with Crippen molar-refractivity contribution in [3.63, 3.8) is 0 Å². The molecule has 2 nitrogen and oxygen atoms in total. The Bertz CT molecular complexity index is 480. The summed E-state index contributed by atoms with van der Waals surface area (Å²) in [5, 5.41) is 0. The summed E-state index contributed by atoms with van der Waals surface area (Å²) in [5.74, 6) is 2.79. The normalized spacial score (nSPS) is 33.0. The summed E-state index contributed by atoms with van der Waals surface area (Å²) in [6.45, 7) is 0. The first-order chi connectivity index (χ1) is 9.77. The number of allylic oxidation sites excluding steroid dienone is 4. The number of hydrogen-bond donors (Lipinski definition) is 0. The Morgan fingerprint density at radius 3 is 2.40 bits per heavy atom. The lowest BCUT2D eigenvalue weighted by atomic mass is 9.75. The van der Waals surface area contributed by atoms with Crippen LogP contribution in [-0.4, -0.2) is 24.6 Å². The maximum absolute atomic E-state index is 5.96. The molecule has 0 radical (unpaired) electrons. The van der Waals surface area contributed by atoms with Crippen molar-refractivity contribution in [1.82, 2.24) is 0 Å². The van der Waals surface area contributed by atoms with E-state index in [1.54, 1.807) is 0 Å². The highest BCUT2D eigenvalue weighted by Gasteiger charge is 2.41. The van der Waals surface area contributed by atoms with Crippen LogP contribution in [0, 0.1) is 17.8 Å². The molecule has 0 aromatic heterocycles. The molecule has 3 aliphatic rings. The highest BCUT2D eigenvalue weighted by atomic mass is 16.5. The second-order valence-electron chi connectivity index (χ2n) is 6.43. The molecule has 0 bridgehead atoms. The molecule has 3 rings (SSSR count). The van der Waals surface area contributed by atoms with E-state index in [2.05, 4.69) is 43.0 Å². The Balaban J connectivity index is 1.90. The van der Waals surface area contributed by atoms with Gasteiger partial charge in [0, 0.05) is 5.92 Å². The van der Waals surface area contributed by atoms with Crippen LogP contribution in [-0.2, 0) is 4.74 Å². The molecular weight excluding hydrogens is 246 g/mol. The minimum atomic E-state index is 0.453. The van der Waals surface area contributed by atoms with Crippen molar-refractivity contribution in [1.29, 1.82) is 0 Å². The molecule has 0 aromatic rings. The Hall–Kier alpha value is -1.31. The molecule has 0 amide bonds. The van der Waals surface area contributed by atoms with Gasteiger partial charge in [0.1, 0.15) is 20.0 Å². The van der Waals surface area contributed by atoms with Gasteiger partial charge in [-0.25, -0.2) is 4.58 Å². The molecule has 0 saturated carbocycles. The largest absolute Gasteiger partial charge is 0.416 e. The van der Waals surface area contributed by atoms with Crippen LogP contribution in [0.25, 0.3) is 0 Å². The van der Waals surface area contributed by atoms with Crippen molar-refractivity contribution < 1.29 is 9.31 Å². The van der Waals surface area contributed by atoms with Crippen molar-refractivity contribution >= 4 is 5.90 Å². The first kappa shape index (κ1) is 13.7. The number of ether oxygens (including phenoxy) is 1. The van der Waals surface area contributed by atoms with E-state index in [0.29, 0.717) is 17.8 Å². The molecule has 2 aliphatic carbocycles. The average molecular weight is 272 g/mol. The fourth-order valence-electron chi connectivity index (χ4n) is 3.76. The van der Waals surface area contributed by atoms with Gasteiger partial charge in [0.15, 0.2) is 0 Å². The molecule has 1 heterocycles. The summed E-state index contributed by atoms with van der Waals surface area (Å²) >= 11 is 0. The standard InChI is InChI=1S/C18H26NO/c1-19(2)18-17(15-11-7-4-8-12-15)16(13-20-18)14-9-5-3-6-10-14/h5,7,9,11,13-15,17H,3-4,6,8,10,12H2,1-2H3/q+1. The van der Waals surface area contributed by atoms with E-state index < -0.39 is 0 Å². The third-order valence-corrected chi connectivity index (χ3v) is 4.78. The highest BCUT2D eigenvalue weighted by Crippen LogP contribution is 2.40. The summed E-state index contributed by atoms with van der Waals surface area (Å²) in [6.07, 6.45) is 19.2. The number of nitrogens with zero attached hydrogens (tertiary/aromatic N) is 1. The third kappa shape index (κ3) is 2.61. The molecular formula is C18H26NO+. The topological polar surface area (TPSA) is 12.2 Å². The molecule has 2 heteroatoms. The van der Waals surface area contributed by atoms with Crippen LogP contribution in [0.3, 0.4) is 0 Å². The van der Waals surface area contributed by atoms with Crippen LogP contribution in [0.2, 0.25) is 0 Å². The molecule has 20 heavy (non-hydrogen) atoms. The first-order valence-electron chi connectivity index (χ1n) is 8.01. The molecule has 0 spiro atoms. The lowest BCUT2D eigenvalue weighted by Gasteiger charge is -2.27. The summed E-state index contributed by atoms with van der Waals surface area (Å²) in [4.78, 5) is 0. The molecule has 0 fully saturated rings. The fourth-order valence-corrected chi connectivity index (χ4v) is 3.76. The Morgan fingerprint density at radius 1 is 1.05 bits per heavy atom. The van der Waals surface area contributed by atoms with Gasteiger partial charge in [-0.1, -0.05) is 24.3 Å². The van der Waals surface area contributed by atoms with Crippen LogP contribution < -0.4 is 0 Å². The zero-order valence-electron chi connectivity index (χ0n) is 12.7. The van der Waals surface area contributed by atoms with Gasteiger partial charge in [-0.3, -0.25) is 0 Å². The molecule has 0 aromatic carbocycles. The Kier molecular flexibility index (Phi) is 4.09. The van der Waals surface area contributed by atoms with Gasteiger partial charge in [0.05, 0.1) is 6.26 Å². The highest BCUT2D eigenvalue weighted by molar-refractivity contribution is 5.81. The van der Waals surface area contributed by atoms with Gasteiger partial charge in [0.25, 0.3) is 0 Å². The van der Waals surface area contributed by atoms with Crippen molar-refractivity contribution in [3.05, 3.63) is 36.1 Å².